The number of nitrogens with one attached hydrogen (secondary N) is 1. The predicted molar refractivity (Wildman–Crippen MR) is 70.5 cm³/mol. The summed E-state index contributed by atoms with van der Waals surface area (Å²) in [5.74, 6) is 0.805. The zero-order valence-corrected chi connectivity index (χ0v) is 11.3. The molecule has 3 nitrogen and oxygen atoms in total. The molecule has 0 saturated carbocycles. The van der Waals surface area contributed by atoms with Crippen LogP contribution in [-0.2, 0) is 6.42 Å². The molecule has 0 amide bonds. The van der Waals surface area contributed by atoms with Gasteiger partial charge in [-0.2, -0.15) is 5.26 Å². The molecular weight excluding hydrogens is 278 g/mol. The molecule has 0 spiro atoms. The van der Waals surface area contributed by atoms with Gasteiger partial charge in [0.15, 0.2) is 0 Å². The van der Waals surface area contributed by atoms with E-state index < -0.39 is 0 Å². The van der Waals surface area contributed by atoms with E-state index in [-0.39, 0.29) is 0 Å². The van der Waals surface area contributed by atoms with Crippen molar-refractivity contribution in [3.8, 4) is 17.5 Å². The third-order valence-electron chi connectivity index (χ3n) is 2.62. The largest absolute Gasteiger partial charge is 0.340 e. The zero-order valence-electron chi connectivity index (χ0n) is 9.71. The summed E-state index contributed by atoms with van der Waals surface area (Å²) in [7, 11) is 0. The Hall–Kier alpha value is -1.60. The minimum Gasteiger partial charge on any atom is -0.340 e. The number of aromatic amines is 1. The van der Waals surface area contributed by atoms with E-state index in [1.165, 1.54) is 11.1 Å². The van der Waals surface area contributed by atoms with Crippen LogP contribution in [-0.4, -0.2) is 9.97 Å². The molecule has 0 aliphatic carbocycles. The van der Waals surface area contributed by atoms with Crippen molar-refractivity contribution in [1.82, 2.24) is 9.97 Å². The molecule has 1 heterocycles. The Kier molecular flexibility index (Phi) is 3.30. The summed E-state index contributed by atoms with van der Waals surface area (Å²) in [6.07, 6.45) is 0.332. The maximum Gasteiger partial charge on any atom is 0.139 e. The van der Waals surface area contributed by atoms with Crippen molar-refractivity contribution in [2.45, 2.75) is 20.3 Å². The lowest BCUT2D eigenvalue weighted by atomic mass is 10.1. The van der Waals surface area contributed by atoms with Crippen LogP contribution in [0.3, 0.4) is 0 Å². The van der Waals surface area contributed by atoms with Crippen molar-refractivity contribution >= 4 is 15.9 Å². The number of nitrogens with zero attached hydrogens (tertiary/aromatic N) is 2. The molecule has 0 radical (unpaired) electrons. The Labute approximate surface area is 109 Å². The summed E-state index contributed by atoms with van der Waals surface area (Å²) < 4.78 is 0.717. The number of hydrogen-bond donors (Lipinski definition) is 1. The van der Waals surface area contributed by atoms with E-state index in [1.54, 1.807) is 0 Å². The number of benzene rings is 1. The van der Waals surface area contributed by atoms with Crippen LogP contribution in [0.4, 0.5) is 0 Å². The standard InChI is InChI=1S/C13H12BrN3/c1-8-3-4-10(9(2)7-8)13-16-11(5-6-15)12(14)17-13/h3-4,7H,5H2,1-2H3,(H,16,17). The molecule has 1 aromatic heterocycles. The molecule has 0 aliphatic rings. The van der Waals surface area contributed by atoms with Gasteiger partial charge in [0, 0.05) is 5.56 Å². The van der Waals surface area contributed by atoms with Gasteiger partial charge in [0.25, 0.3) is 0 Å². The van der Waals surface area contributed by atoms with Crippen LogP contribution in [0.5, 0.6) is 0 Å². The number of imidazole rings is 1. The zero-order chi connectivity index (χ0) is 12.4. The van der Waals surface area contributed by atoms with E-state index in [4.69, 9.17) is 5.26 Å². The molecule has 0 aliphatic heterocycles. The number of H-pyrrole nitrogens is 1. The monoisotopic (exact) mass is 289 g/mol. The van der Waals surface area contributed by atoms with Gasteiger partial charge in [-0.15, -0.1) is 0 Å². The van der Waals surface area contributed by atoms with Gasteiger partial charge >= 0.3 is 0 Å². The van der Waals surface area contributed by atoms with E-state index in [0.29, 0.717) is 11.0 Å². The summed E-state index contributed by atoms with van der Waals surface area (Å²) in [6.45, 7) is 4.12. The SMILES string of the molecule is Cc1ccc(-c2nc(Br)c(CC#N)[nH]2)c(C)c1. The maximum absolute atomic E-state index is 8.70. The second kappa shape index (κ2) is 4.72. The number of halogens is 1. The summed E-state index contributed by atoms with van der Waals surface area (Å²) in [5.41, 5.74) is 4.30. The lowest BCUT2D eigenvalue weighted by molar-refractivity contribution is 1.14. The van der Waals surface area contributed by atoms with Crippen LogP contribution < -0.4 is 0 Å². The quantitative estimate of drug-likeness (QED) is 0.920. The van der Waals surface area contributed by atoms with Gasteiger partial charge in [-0.05, 0) is 35.3 Å². The molecule has 4 heteroatoms. The summed E-state index contributed by atoms with van der Waals surface area (Å²) in [4.78, 5) is 7.58. The number of aromatic nitrogens is 2. The average Bonchev–Trinajstić information content (AvgIpc) is 2.60. The molecular formula is C13H12BrN3. The molecule has 0 unspecified atom stereocenters. The van der Waals surface area contributed by atoms with Crippen molar-refractivity contribution in [2.75, 3.05) is 0 Å². The molecule has 2 rings (SSSR count). The number of nitriles is 1. The van der Waals surface area contributed by atoms with Crippen molar-refractivity contribution in [2.24, 2.45) is 0 Å². The fraction of sp³-hybridized carbons (Fsp3) is 0.231. The van der Waals surface area contributed by atoms with Crippen molar-refractivity contribution in [3.63, 3.8) is 0 Å². The molecule has 0 fully saturated rings. The van der Waals surface area contributed by atoms with Crippen molar-refractivity contribution < 1.29 is 0 Å². The lowest BCUT2D eigenvalue weighted by Crippen LogP contribution is -1.87. The second-order valence-electron chi connectivity index (χ2n) is 4.01. The fourth-order valence-electron chi connectivity index (χ4n) is 1.79. The van der Waals surface area contributed by atoms with E-state index in [9.17, 15) is 0 Å². The van der Waals surface area contributed by atoms with E-state index >= 15 is 0 Å². The number of hydrogen-bond acceptors (Lipinski definition) is 2. The molecule has 2 aromatic rings. The van der Waals surface area contributed by atoms with Crippen LogP contribution in [0, 0.1) is 25.2 Å². The third kappa shape index (κ3) is 2.40. The highest BCUT2D eigenvalue weighted by molar-refractivity contribution is 9.10. The molecule has 17 heavy (non-hydrogen) atoms. The Bertz CT molecular complexity index is 593. The number of rotatable bonds is 2. The van der Waals surface area contributed by atoms with Gasteiger partial charge < -0.3 is 4.98 Å². The highest BCUT2D eigenvalue weighted by atomic mass is 79.9. The molecule has 86 valence electrons. The summed E-state index contributed by atoms with van der Waals surface area (Å²) in [5, 5.41) is 8.70. The van der Waals surface area contributed by atoms with Gasteiger partial charge in [-0.3, -0.25) is 0 Å². The van der Waals surface area contributed by atoms with Crippen LogP contribution in [0.15, 0.2) is 22.8 Å². The highest BCUT2D eigenvalue weighted by Gasteiger charge is 2.10. The Morgan fingerprint density at radius 3 is 2.82 bits per heavy atom. The predicted octanol–water partition coefficient (Wildman–Crippen LogP) is 3.52. The summed E-state index contributed by atoms with van der Waals surface area (Å²) in [6, 6.07) is 8.34. The molecule has 0 bridgehead atoms. The normalized spacial score (nSPS) is 10.2. The van der Waals surface area contributed by atoms with Crippen molar-refractivity contribution in [1.29, 1.82) is 5.26 Å². The third-order valence-corrected chi connectivity index (χ3v) is 3.28. The van der Waals surface area contributed by atoms with Gasteiger partial charge in [-0.1, -0.05) is 23.8 Å². The van der Waals surface area contributed by atoms with Crippen molar-refractivity contribution in [3.05, 3.63) is 39.6 Å². The fourth-order valence-corrected chi connectivity index (χ4v) is 2.21. The maximum atomic E-state index is 8.70. The van der Waals surface area contributed by atoms with Gasteiger partial charge in [0.1, 0.15) is 10.4 Å². The van der Waals surface area contributed by atoms with Crippen LogP contribution in [0.25, 0.3) is 11.4 Å². The van der Waals surface area contributed by atoms with E-state index in [0.717, 1.165) is 17.1 Å². The molecule has 1 N–H and O–H groups in total. The lowest BCUT2D eigenvalue weighted by Gasteiger charge is -2.03. The van der Waals surface area contributed by atoms with Crippen LogP contribution in [0.2, 0.25) is 0 Å². The second-order valence-corrected chi connectivity index (χ2v) is 4.76. The average molecular weight is 290 g/mol. The Balaban J connectivity index is 2.47. The Morgan fingerprint density at radius 1 is 1.41 bits per heavy atom. The minimum absolute atomic E-state index is 0.332. The first-order chi connectivity index (χ1) is 8.11. The van der Waals surface area contributed by atoms with Crippen LogP contribution >= 0.6 is 15.9 Å². The van der Waals surface area contributed by atoms with E-state index in [1.807, 2.05) is 6.07 Å². The molecule has 0 saturated heterocycles. The van der Waals surface area contributed by atoms with Gasteiger partial charge in [-0.25, -0.2) is 4.98 Å². The number of aryl methyl sites for hydroxylation is 2. The molecule has 0 atom stereocenters. The first-order valence-corrected chi connectivity index (χ1v) is 6.10. The minimum atomic E-state index is 0.332. The highest BCUT2D eigenvalue weighted by Crippen LogP contribution is 2.25. The Morgan fingerprint density at radius 2 is 2.18 bits per heavy atom. The van der Waals surface area contributed by atoms with Gasteiger partial charge in [0.05, 0.1) is 18.2 Å². The van der Waals surface area contributed by atoms with Gasteiger partial charge in [0.2, 0.25) is 0 Å². The smallest absolute Gasteiger partial charge is 0.139 e. The molecule has 1 aromatic carbocycles. The first kappa shape index (κ1) is 11.9. The first-order valence-electron chi connectivity index (χ1n) is 5.30. The van der Waals surface area contributed by atoms with Crippen LogP contribution in [0.1, 0.15) is 16.8 Å². The topological polar surface area (TPSA) is 52.5 Å². The van der Waals surface area contributed by atoms with E-state index in [2.05, 4.69) is 57.9 Å². The summed E-state index contributed by atoms with van der Waals surface area (Å²) >= 11 is 3.36.